The average molecular weight is 354 g/mol. The molecule has 134 valence electrons. The molecule has 0 aliphatic carbocycles. The standard InChI is InChI=1S/C23H22N4/c1-17(2)25-15-24-26(16-25)22-14-8-12-20-19-11-6-7-13-21(19)27(23(20)22)18-9-4-3-5-10-18/h3-15,17H,16H2,1-2H3. The van der Waals surface area contributed by atoms with Crippen LogP contribution in [-0.4, -0.2) is 28.5 Å². The first kappa shape index (κ1) is 15.9. The number of hydrogen-bond acceptors (Lipinski definition) is 3. The van der Waals surface area contributed by atoms with Crippen molar-refractivity contribution in [3.8, 4) is 5.69 Å². The van der Waals surface area contributed by atoms with Crippen LogP contribution in [0.2, 0.25) is 0 Å². The summed E-state index contributed by atoms with van der Waals surface area (Å²) in [6, 6.07) is 26.1. The minimum atomic E-state index is 0.429. The first-order valence-corrected chi connectivity index (χ1v) is 9.39. The lowest BCUT2D eigenvalue weighted by atomic mass is 10.1. The van der Waals surface area contributed by atoms with Gasteiger partial charge in [0.25, 0.3) is 0 Å². The van der Waals surface area contributed by atoms with Gasteiger partial charge in [0, 0.05) is 22.5 Å². The number of para-hydroxylation sites is 3. The molecule has 4 heteroatoms. The van der Waals surface area contributed by atoms with Crippen molar-refractivity contribution in [1.29, 1.82) is 0 Å². The molecule has 5 rings (SSSR count). The van der Waals surface area contributed by atoms with Gasteiger partial charge in [0.15, 0.2) is 0 Å². The highest BCUT2D eigenvalue weighted by molar-refractivity contribution is 6.13. The Morgan fingerprint density at radius 2 is 1.56 bits per heavy atom. The topological polar surface area (TPSA) is 23.8 Å². The van der Waals surface area contributed by atoms with Crippen molar-refractivity contribution < 1.29 is 0 Å². The Morgan fingerprint density at radius 3 is 2.33 bits per heavy atom. The van der Waals surface area contributed by atoms with Crippen molar-refractivity contribution in [3.05, 3.63) is 72.8 Å². The fourth-order valence-electron chi connectivity index (χ4n) is 3.85. The van der Waals surface area contributed by atoms with Crippen LogP contribution < -0.4 is 5.01 Å². The lowest BCUT2D eigenvalue weighted by Crippen LogP contribution is -2.32. The molecule has 4 nitrogen and oxygen atoms in total. The van der Waals surface area contributed by atoms with Crippen LogP contribution in [0.25, 0.3) is 27.5 Å². The first-order chi connectivity index (χ1) is 13.2. The molecule has 0 unspecified atom stereocenters. The molecule has 1 aliphatic rings. The number of fused-ring (bicyclic) bond motifs is 3. The van der Waals surface area contributed by atoms with Gasteiger partial charge in [-0.2, -0.15) is 5.10 Å². The molecule has 1 aromatic heterocycles. The highest BCUT2D eigenvalue weighted by Gasteiger charge is 2.22. The third-order valence-corrected chi connectivity index (χ3v) is 5.27. The van der Waals surface area contributed by atoms with E-state index in [9.17, 15) is 0 Å². The quantitative estimate of drug-likeness (QED) is 0.504. The summed E-state index contributed by atoms with van der Waals surface area (Å²) in [5.41, 5.74) is 4.72. The van der Waals surface area contributed by atoms with E-state index in [1.807, 2.05) is 6.34 Å². The summed E-state index contributed by atoms with van der Waals surface area (Å²) in [4.78, 5) is 2.24. The molecule has 3 aromatic carbocycles. The monoisotopic (exact) mass is 354 g/mol. The van der Waals surface area contributed by atoms with Crippen LogP contribution in [0.3, 0.4) is 0 Å². The van der Waals surface area contributed by atoms with E-state index >= 15 is 0 Å². The van der Waals surface area contributed by atoms with E-state index in [0.717, 1.165) is 12.4 Å². The lowest BCUT2D eigenvalue weighted by Gasteiger charge is -2.23. The summed E-state index contributed by atoms with van der Waals surface area (Å²) in [6.07, 6.45) is 1.94. The largest absolute Gasteiger partial charge is 0.339 e. The molecule has 27 heavy (non-hydrogen) atoms. The van der Waals surface area contributed by atoms with E-state index in [2.05, 4.69) is 106 Å². The van der Waals surface area contributed by atoms with Crippen LogP contribution in [0.5, 0.6) is 0 Å². The van der Waals surface area contributed by atoms with Gasteiger partial charge in [-0.1, -0.05) is 48.5 Å². The Morgan fingerprint density at radius 1 is 0.815 bits per heavy atom. The van der Waals surface area contributed by atoms with E-state index < -0.39 is 0 Å². The Hall–Kier alpha value is -3.27. The maximum absolute atomic E-state index is 4.68. The van der Waals surface area contributed by atoms with Gasteiger partial charge in [-0.3, -0.25) is 0 Å². The zero-order chi connectivity index (χ0) is 18.4. The summed E-state index contributed by atoms with van der Waals surface area (Å²) in [5, 5.41) is 9.30. The zero-order valence-corrected chi connectivity index (χ0v) is 15.6. The molecule has 0 spiro atoms. The second-order valence-corrected chi connectivity index (χ2v) is 7.24. The number of hydrogen-bond donors (Lipinski definition) is 0. The molecule has 0 saturated heterocycles. The van der Waals surface area contributed by atoms with Gasteiger partial charge in [0.1, 0.15) is 13.0 Å². The molecule has 0 fully saturated rings. The summed E-state index contributed by atoms with van der Waals surface area (Å²) >= 11 is 0. The van der Waals surface area contributed by atoms with E-state index in [0.29, 0.717) is 6.04 Å². The van der Waals surface area contributed by atoms with Gasteiger partial charge in [0.2, 0.25) is 0 Å². The van der Waals surface area contributed by atoms with Crippen LogP contribution >= 0.6 is 0 Å². The van der Waals surface area contributed by atoms with Crippen molar-refractivity contribution >= 4 is 33.8 Å². The highest BCUT2D eigenvalue weighted by atomic mass is 15.6. The summed E-state index contributed by atoms with van der Waals surface area (Å²) in [7, 11) is 0. The number of benzene rings is 3. The zero-order valence-electron chi connectivity index (χ0n) is 15.6. The number of hydrazone groups is 1. The second kappa shape index (κ2) is 6.16. The maximum Gasteiger partial charge on any atom is 0.114 e. The molecular formula is C23H22N4. The van der Waals surface area contributed by atoms with Crippen LogP contribution in [0.1, 0.15) is 13.8 Å². The van der Waals surface area contributed by atoms with Gasteiger partial charge in [-0.15, -0.1) is 0 Å². The molecule has 1 aliphatic heterocycles. The Balaban J connectivity index is 1.80. The Kier molecular flexibility index (Phi) is 3.64. The van der Waals surface area contributed by atoms with Crippen molar-refractivity contribution in [3.63, 3.8) is 0 Å². The minimum absolute atomic E-state index is 0.429. The van der Waals surface area contributed by atoms with Crippen LogP contribution in [0, 0.1) is 0 Å². The summed E-state index contributed by atoms with van der Waals surface area (Å²) in [5.74, 6) is 0. The normalized spacial score (nSPS) is 14.2. The summed E-state index contributed by atoms with van der Waals surface area (Å²) < 4.78 is 2.35. The third-order valence-electron chi connectivity index (χ3n) is 5.27. The fourth-order valence-corrected chi connectivity index (χ4v) is 3.85. The highest BCUT2D eigenvalue weighted by Crippen LogP contribution is 2.38. The van der Waals surface area contributed by atoms with Crippen LogP contribution in [-0.2, 0) is 0 Å². The number of nitrogens with zero attached hydrogens (tertiary/aromatic N) is 4. The molecule has 0 bridgehead atoms. The third kappa shape index (κ3) is 2.48. The molecule has 4 aromatic rings. The van der Waals surface area contributed by atoms with E-state index in [4.69, 9.17) is 0 Å². The van der Waals surface area contributed by atoms with Crippen molar-refractivity contribution in [1.82, 2.24) is 9.47 Å². The molecular weight excluding hydrogens is 332 g/mol. The van der Waals surface area contributed by atoms with E-state index in [1.165, 1.54) is 27.5 Å². The first-order valence-electron chi connectivity index (χ1n) is 9.39. The average Bonchev–Trinajstić information content (AvgIpc) is 3.32. The van der Waals surface area contributed by atoms with Gasteiger partial charge < -0.3 is 9.47 Å². The van der Waals surface area contributed by atoms with Crippen LogP contribution in [0.15, 0.2) is 77.9 Å². The minimum Gasteiger partial charge on any atom is -0.339 e. The molecule has 0 saturated carbocycles. The Labute approximate surface area is 158 Å². The van der Waals surface area contributed by atoms with Crippen LogP contribution in [0.4, 0.5) is 5.69 Å². The van der Waals surface area contributed by atoms with E-state index in [-0.39, 0.29) is 0 Å². The molecule has 0 N–H and O–H groups in total. The van der Waals surface area contributed by atoms with Gasteiger partial charge in [-0.25, -0.2) is 5.01 Å². The number of aromatic nitrogens is 1. The predicted molar refractivity (Wildman–Crippen MR) is 114 cm³/mol. The van der Waals surface area contributed by atoms with Gasteiger partial charge in [-0.05, 0) is 38.1 Å². The van der Waals surface area contributed by atoms with E-state index in [1.54, 1.807) is 0 Å². The molecule has 0 amide bonds. The molecule has 2 heterocycles. The molecule has 0 radical (unpaired) electrons. The van der Waals surface area contributed by atoms with Gasteiger partial charge in [0.05, 0.1) is 16.7 Å². The van der Waals surface area contributed by atoms with Crippen molar-refractivity contribution in [2.75, 3.05) is 11.7 Å². The molecule has 0 atom stereocenters. The smallest absolute Gasteiger partial charge is 0.114 e. The van der Waals surface area contributed by atoms with Gasteiger partial charge >= 0.3 is 0 Å². The van der Waals surface area contributed by atoms with Crippen molar-refractivity contribution in [2.24, 2.45) is 5.10 Å². The summed E-state index contributed by atoms with van der Waals surface area (Å²) in [6.45, 7) is 5.15. The lowest BCUT2D eigenvalue weighted by molar-refractivity contribution is 0.382. The SMILES string of the molecule is CC(C)N1C=NN(c2cccc3c4ccccc4n(-c4ccccc4)c23)C1. The van der Waals surface area contributed by atoms with Crippen molar-refractivity contribution in [2.45, 2.75) is 19.9 Å². The predicted octanol–water partition coefficient (Wildman–Crippen LogP) is 5.21. The maximum atomic E-state index is 4.68. The fraction of sp³-hybridized carbons (Fsp3) is 0.174. The Bertz CT molecular complexity index is 1140. The number of rotatable bonds is 3. The number of anilines is 1. The second-order valence-electron chi connectivity index (χ2n) is 7.24.